The predicted molar refractivity (Wildman–Crippen MR) is 62.6 cm³/mol. The van der Waals surface area contributed by atoms with Crippen LogP contribution in [0.1, 0.15) is 46.5 Å². The van der Waals surface area contributed by atoms with Crippen molar-refractivity contribution in [1.82, 2.24) is 10.2 Å². The molecule has 84 valence electrons. The van der Waals surface area contributed by atoms with Gasteiger partial charge < -0.3 is 5.32 Å². The number of nitrogens with one attached hydrogen (secondary N) is 1. The summed E-state index contributed by atoms with van der Waals surface area (Å²) < 4.78 is 0. The van der Waals surface area contributed by atoms with E-state index in [1.54, 1.807) is 0 Å². The summed E-state index contributed by atoms with van der Waals surface area (Å²) in [6.45, 7) is 10.6. The first-order valence-electron chi connectivity index (χ1n) is 6.21. The second-order valence-corrected chi connectivity index (χ2v) is 4.74. The Hall–Kier alpha value is -0.0800. The van der Waals surface area contributed by atoms with Crippen LogP contribution in [0.3, 0.4) is 0 Å². The fourth-order valence-electron chi connectivity index (χ4n) is 2.13. The molecule has 1 fully saturated rings. The molecule has 0 bridgehead atoms. The molecule has 1 saturated heterocycles. The van der Waals surface area contributed by atoms with Crippen molar-refractivity contribution in [2.24, 2.45) is 0 Å². The van der Waals surface area contributed by atoms with Crippen LogP contribution in [0.25, 0.3) is 0 Å². The highest BCUT2D eigenvalue weighted by atomic mass is 15.2. The van der Waals surface area contributed by atoms with Crippen LogP contribution in [0.15, 0.2) is 0 Å². The maximum atomic E-state index is 3.67. The van der Waals surface area contributed by atoms with Crippen LogP contribution in [0.2, 0.25) is 0 Å². The molecule has 0 amide bonds. The second-order valence-electron chi connectivity index (χ2n) is 4.74. The Morgan fingerprint density at radius 1 is 1.43 bits per heavy atom. The molecule has 1 rings (SSSR count). The monoisotopic (exact) mass is 198 g/mol. The van der Waals surface area contributed by atoms with Crippen molar-refractivity contribution in [3.63, 3.8) is 0 Å². The lowest BCUT2D eigenvalue weighted by molar-refractivity contribution is 0.154. The van der Waals surface area contributed by atoms with Gasteiger partial charge in [0.15, 0.2) is 0 Å². The van der Waals surface area contributed by atoms with E-state index in [2.05, 4.69) is 31.0 Å². The van der Waals surface area contributed by atoms with Crippen LogP contribution in [0.5, 0.6) is 0 Å². The van der Waals surface area contributed by atoms with E-state index in [9.17, 15) is 0 Å². The number of likely N-dealkylation sites (tertiary alicyclic amines) is 1. The summed E-state index contributed by atoms with van der Waals surface area (Å²) in [5, 5.41) is 3.67. The third-order valence-electron chi connectivity index (χ3n) is 3.15. The zero-order chi connectivity index (χ0) is 10.4. The summed E-state index contributed by atoms with van der Waals surface area (Å²) >= 11 is 0. The third-order valence-corrected chi connectivity index (χ3v) is 3.15. The Morgan fingerprint density at radius 2 is 2.21 bits per heavy atom. The molecule has 1 N–H and O–H groups in total. The van der Waals surface area contributed by atoms with E-state index < -0.39 is 0 Å². The molecule has 0 saturated carbocycles. The molecule has 1 heterocycles. The quantitative estimate of drug-likeness (QED) is 0.682. The number of hydrogen-bond acceptors (Lipinski definition) is 2. The van der Waals surface area contributed by atoms with Gasteiger partial charge in [0.25, 0.3) is 0 Å². The maximum Gasteiger partial charge on any atom is 0.0195 e. The van der Waals surface area contributed by atoms with E-state index in [0.29, 0.717) is 6.04 Å². The van der Waals surface area contributed by atoms with Crippen molar-refractivity contribution in [3.05, 3.63) is 0 Å². The van der Waals surface area contributed by atoms with Gasteiger partial charge in [-0.05, 0) is 46.2 Å². The van der Waals surface area contributed by atoms with Crippen LogP contribution >= 0.6 is 0 Å². The number of rotatable bonds is 5. The maximum absolute atomic E-state index is 3.67. The third kappa shape index (κ3) is 3.97. The zero-order valence-electron chi connectivity index (χ0n) is 10.1. The van der Waals surface area contributed by atoms with Crippen LogP contribution in [0.4, 0.5) is 0 Å². The van der Waals surface area contributed by atoms with Crippen molar-refractivity contribution >= 4 is 0 Å². The Bertz CT molecular complexity index is 145. The normalized spacial score (nSPS) is 24.4. The molecule has 0 spiro atoms. The summed E-state index contributed by atoms with van der Waals surface area (Å²) in [7, 11) is 0. The molecule has 14 heavy (non-hydrogen) atoms. The largest absolute Gasteiger partial charge is 0.313 e. The van der Waals surface area contributed by atoms with Crippen molar-refractivity contribution < 1.29 is 0 Å². The van der Waals surface area contributed by atoms with E-state index in [4.69, 9.17) is 0 Å². The number of unbranched alkanes of at least 4 members (excludes halogenated alkanes) is 1. The van der Waals surface area contributed by atoms with Gasteiger partial charge in [0.2, 0.25) is 0 Å². The van der Waals surface area contributed by atoms with Gasteiger partial charge in [-0.2, -0.15) is 0 Å². The molecule has 2 nitrogen and oxygen atoms in total. The van der Waals surface area contributed by atoms with E-state index in [-0.39, 0.29) is 0 Å². The predicted octanol–water partition coefficient (Wildman–Crippen LogP) is 2.25. The molecule has 0 aromatic heterocycles. The topological polar surface area (TPSA) is 15.3 Å². The Kier molecular flexibility index (Phi) is 5.49. The molecule has 1 unspecified atom stereocenters. The highest BCUT2D eigenvalue weighted by Gasteiger charge is 2.20. The van der Waals surface area contributed by atoms with Gasteiger partial charge in [-0.15, -0.1) is 0 Å². The Morgan fingerprint density at radius 3 is 2.86 bits per heavy atom. The van der Waals surface area contributed by atoms with Gasteiger partial charge in [-0.3, -0.25) is 4.90 Å². The summed E-state index contributed by atoms with van der Waals surface area (Å²) in [6, 6.07) is 1.46. The second kappa shape index (κ2) is 6.41. The lowest BCUT2D eigenvalue weighted by atomic mass is 10.0. The lowest BCUT2D eigenvalue weighted by Crippen LogP contribution is -2.48. The van der Waals surface area contributed by atoms with Crippen molar-refractivity contribution in [3.8, 4) is 0 Å². The van der Waals surface area contributed by atoms with Gasteiger partial charge in [0, 0.05) is 18.6 Å². The van der Waals surface area contributed by atoms with Gasteiger partial charge >= 0.3 is 0 Å². The van der Waals surface area contributed by atoms with E-state index in [0.717, 1.165) is 6.04 Å². The average Bonchev–Trinajstić information content (AvgIpc) is 2.19. The Balaban J connectivity index is 2.19. The van der Waals surface area contributed by atoms with Crippen molar-refractivity contribution in [2.75, 3.05) is 19.6 Å². The SMILES string of the molecule is CCCCNC1CCCN(C(C)C)C1. The van der Waals surface area contributed by atoms with Crippen LogP contribution in [-0.4, -0.2) is 36.6 Å². The summed E-state index contributed by atoms with van der Waals surface area (Å²) in [5.41, 5.74) is 0. The Labute approximate surface area is 89.1 Å². The minimum atomic E-state index is 0.714. The average molecular weight is 198 g/mol. The van der Waals surface area contributed by atoms with Crippen LogP contribution in [-0.2, 0) is 0 Å². The first-order chi connectivity index (χ1) is 6.74. The molecule has 1 aliphatic rings. The van der Waals surface area contributed by atoms with Gasteiger partial charge in [-0.25, -0.2) is 0 Å². The molecule has 0 aromatic carbocycles. The molecule has 0 aliphatic carbocycles. The zero-order valence-corrected chi connectivity index (χ0v) is 10.1. The van der Waals surface area contributed by atoms with Gasteiger partial charge in [0.05, 0.1) is 0 Å². The summed E-state index contributed by atoms with van der Waals surface area (Å²) in [4.78, 5) is 2.59. The van der Waals surface area contributed by atoms with Gasteiger partial charge in [-0.1, -0.05) is 13.3 Å². The number of hydrogen-bond donors (Lipinski definition) is 1. The highest BCUT2D eigenvalue weighted by molar-refractivity contribution is 4.79. The van der Waals surface area contributed by atoms with Gasteiger partial charge in [0.1, 0.15) is 0 Å². The van der Waals surface area contributed by atoms with E-state index in [1.165, 1.54) is 45.3 Å². The molecule has 0 radical (unpaired) electrons. The molecule has 0 aromatic rings. The summed E-state index contributed by atoms with van der Waals surface area (Å²) in [5.74, 6) is 0. The summed E-state index contributed by atoms with van der Waals surface area (Å²) in [6.07, 6.45) is 5.35. The van der Waals surface area contributed by atoms with Crippen molar-refractivity contribution in [2.45, 2.75) is 58.5 Å². The first-order valence-corrected chi connectivity index (χ1v) is 6.21. The van der Waals surface area contributed by atoms with E-state index in [1.807, 2.05) is 0 Å². The fourth-order valence-corrected chi connectivity index (χ4v) is 2.13. The molecule has 2 heteroatoms. The minimum absolute atomic E-state index is 0.714. The van der Waals surface area contributed by atoms with Crippen LogP contribution < -0.4 is 5.32 Å². The standard InChI is InChI=1S/C12H26N2/c1-4-5-8-13-12-7-6-9-14(10-12)11(2)3/h11-13H,4-10H2,1-3H3. The lowest BCUT2D eigenvalue weighted by Gasteiger charge is -2.35. The van der Waals surface area contributed by atoms with Crippen molar-refractivity contribution in [1.29, 1.82) is 0 Å². The number of nitrogens with zero attached hydrogens (tertiary/aromatic N) is 1. The van der Waals surface area contributed by atoms with E-state index >= 15 is 0 Å². The smallest absolute Gasteiger partial charge is 0.0195 e. The molecule has 1 aliphatic heterocycles. The first kappa shape index (κ1) is 12.0. The highest BCUT2D eigenvalue weighted by Crippen LogP contribution is 2.12. The number of piperidine rings is 1. The van der Waals surface area contributed by atoms with Crippen LogP contribution in [0, 0.1) is 0 Å². The molecule has 1 atom stereocenters. The molecular formula is C12H26N2. The fraction of sp³-hybridized carbons (Fsp3) is 1.00. The minimum Gasteiger partial charge on any atom is -0.313 e. The molecular weight excluding hydrogens is 172 g/mol.